The summed E-state index contributed by atoms with van der Waals surface area (Å²) in [5, 5.41) is 0. The quantitative estimate of drug-likeness (QED) is 0.590. The minimum Gasteiger partial charge on any atom is -0.211 e. The maximum Gasteiger partial charge on any atom is 0.235 e. The van der Waals surface area contributed by atoms with E-state index in [0.717, 1.165) is 12.0 Å². The number of aryl methyl sites for hydroxylation is 1. The van der Waals surface area contributed by atoms with Crippen LogP contribution >= 0.6 is 0 Å². The Kier molecular flexibility index (Phi) is 4.06. The lowest BCUT2D eigenvalue weighted by Gasteiger charge is -2.11. The van der Waals surface area contributed by atoms with Crippen molar-refractivity contribution in [1.29, 1.82) is 0 Å². The number of isocyanates is 1. The molecule has 1 unspecified atom stereocenters. The van der Waals surface area contributed by atoms with Gasteiger partial charge in [0, 0.05) is 0 Å². The normalized spacial score (nSPS) is 11.6. The first-order chi connectivity index (χ1) is 8.79. The molecule has 2 nitrogen and oxygen atoms in total. The van der Waals surface area contributed by atoms with Gasteiger partial charge in [-0.15, -0.1) is 0 Å². The maximum atomic E-state index is 10.5. The summed E-state index contributed by atoms with van der Waals surface area (Å²) in [4.78, 5) is 14.4. The Balaban J connectivity index is 2.22. The predicted octanol–water partition coefficient (Wildman–Crippen LogP) is 3.61. The zero-order valence-electron chi connectivity index (χ0n) is 10.3. The van der Waals surface area contributed by atoms with E-state index >= 15 is 0 Å². The molecule has 2 aromatic rings. The van der Waals surface area contributed by atoms with Gasteiger partial charge in [0.15, 0.2) is 0 Å². The van der Waals surface area contributed by atoms with Gasteiger partial charge in [0.25, 0.3) is 0 Å². The molecule has 0 heterocycles. The van der Waals surface area contributed by atoms with Crippen LogP contribution in [0.25, 0.3) is 0 Å². The summed E-state index contributed by atoms with van der Waals surface area (Å²) < 4.78 is 0. The van der Waals surface area contributed by atoms with Crippen LogP contribution in [-0.2, 0) is 11.2 Å². The number of hydrogen-bond donors (Lipinski definition) is 0. The lowest BCUT2D eigenvalue weighted by atomic mass is 9.99. The van der Waals surface area contributed by atoms with Crippen LogP contribution in [0.15, 0.2) is 59.6 Å². The van der Waals surface area contributed by atoms with Crippen LogP contribution in [0.5, 0.6) is 0 Å². The minimum atomic E-state index is -0.147. The standard InChI is InChI=1S/C16H15NO/c1-13-7-9-14(10-8-13)11-16(17-12-18)15-5-3-2-4-6-15/h2-10,16H,11H2,1H3. The average molecular weight is 237 g/mol. The Morgan fingerprint density at radius 2 is 1.72 bits per heavy atom. The highest BCUT2D eigenvalue weighted by Gasteiger charge is 2.10. The van der Waals surface area contributed by atoms with E-state index in [1.165, 1.54) is 11.1 Å². The Hall–Kier alpha value is -2.18. The van der Waals surface area contributed by atoms with Gasteiger partial charge in [-0.3, -0.25) is 0 Å². The third kappa shape index (κ3) is 3.16. The van der Waals surface area contributed by atoms with Crippen LogP contribution in [0.2, 0.25) is 0 Å². The summed E-state index contributed by atoms with van der Waals surface area (Å²) in [5.74, 6) is 0. The van der Waals surface area contributed by atoms with Gasteiger partial charge in [-0.05, 0) is 24.5 Å². The molecule has 0 aromatic heterocycles. The number of rotatable bonds is 4. The van der Waals surface area contributed by atoms with Gasteiger partial charge in [0.05, 0.1) is 6.04 Å². The molecule has 18 heavy (non-hydrogen) atoms. The van der Waals surface area contributed by atoms with E-state index in [1.807, 2.05) is 30.3 Å². The zero-order chi connectivity index (χ0) is 12.8. The van der Waals surface area contributed by atoms with Gasteiger partial charge in [0.2, 0.25) is 6.08 Å². The molecule has 2 heteroatoms. The molecule has 90 valence electrons. The highest BCUT2D eigenvalue weighted by molar-refractivity contribution is 5.36. The second-order valence-corrected chi connectivity index (χ2v) is 4.34. The first-order valence-corrected chi connectivity index (χ1v) is 5.97. The lowest BCUT2D eigenvalue weighted by Crippen LogP contribution is -2.00. The van der Waals surface area contributed by atoms with Crippen molar-refractivity contribution in [3.8, 4) is 0 Å². The number of aliphatic imine (C=N–C) groups is 1. The maximum absolute atomic E-state index is 10.5. The van der Waals surface area contributed by atoms with Crippen LogP contribution in [0.3, 0.4) is 0 Å². The molecule has 0 aliphatic carbocycles. The number of carbonyl (C=O) groups excluding carboxylic acids is 1. The fourth-order valence-electron chi connectivity index (χ4n) is 1.92. The van der Waals surface area contributed by atoms with Crippen LogP contribution in [0.1, 0.15) is 22.7 Å². The van der Waals surface area contributed by atoms with E-state index in [9.17, 15) is 4.79 Å². The largest absolute Gasteiger partial charge is 0.235 e. The fraction of sp³-hybridized carbons (Fsp3) is 0.188. The summed E-state index contributed by atoms with van der Waals surface area (Å²) in [7, 11) is 0. The van der Waals surface area contributed by atoms with E-state index in [-0.39, 0.29) is 6.04 Å². The average Bonchev–Trinajstić information content (AvgIpc) is 2.42. The number of hydrogen-bond acceptors (Lipinski definition) is 2. The van der Waals surface area contributed by atoms with Gasteiger partial charge in [-0.25, -0.2) is 4.79 Å². The predicted molar refractivity (Wildman–Crippen MR) is 72.2 cm³/mol. The first-order valence-electron chi connectivity index (χ1n) is 5.97. The number of nitrogens with zero attached hydrogens (tertiary/aromatic N) is 1. The summed E-state index contributed by atoms with van der Waals surface area (Å²) in [5.41, 5.74) is 3.45. The fourth-order valence-corrected chi connectivity index (χ4v) is 1.92. The molecule has 0 saturated carbocycles. The first kappa shape index (κ1) is 12.3. The van der Waals surface area contributed by atoms with Crippen molar-refractivity contribution in [1.82, 2.24) is 0 Å². The van der Waals surface area contributed by atoms with E-state index in [2.05, 4.69) is 36.2 Å². The molecule has 0 spiro atoms. The Morgan fingerprint density at radius 3 is 2.33 bits per heavy atom. The van der Waals surface area contributed by atoms with Crippen molar-refractivity contribution in [2.45, 2.75) is 19.4 Å². The Morgan fingerprint density at radius 1 is 1.06 bits per heavy atom. The Bertz CT molecular complexity index is 539. The molecule has 0 N–H and O–H groups in total. The second-order valence-electron chi connectivity index (χ2n) is 4.34. The summed E-state index contributed by atoms with van der Waals surface area (Å²) in [6.45, 7) is 2.06. The van der Waals surface area contributed by atoms with Crippen molar-refractivity contribution in [3.05, 3.63) is 71.3 Å². The highest BCUT2D eigenvalue weighted by Crippen LogP contribution is 2.21. The van der Waals surface area contributed by atoms with E-state index < -0.39 is 0 Å². The molecule has 0 fully saturated rings. The molecule has 0 saturated heterocycles. The van der Waals surface area contributed by atoms with Crippen LogP contribution in [0.4, 0.5) is 0 Å². The van der Waals surface area contributed by atoms with Crippen LogP contribution in [0, 0.1) is 6.92 Å². The lowest BCUT2D eigenvalue weighted by molar-refractivity contribution is 0.557. The zero-order valence-corrected chi connectivity index (χ0v) is 10.3. The molecule has 2 aromatic carbocycles. The Labute approximate surface area is 107 Å². The molecule has 0 bridgehead atoms. The van der Waals surface area contributed by atoms with Crippen molar-refractivity contribution in [3.63, 3.8) is 0 Å². The number of benzene rings is 2. The van der Waals surface area contributed by atoms with Crippen molar-refractivity contribution in [2.24, 2.45) is 4.99 Å². The highest BCUT2D eigenvalue weighted by atomic mass is 16.1. The van der Waals surface area contributed by atoms with E-state index in [4.69, 9.17) is 0 Å². The third-order valence-electron chi connectivity index (χ3n) is 2.94. The molecule has 1 atom stereocenters. The molecule has 0 radical (unpaired) electrons. The molecule has 0 aliphatic rings. The minimum absolute atomic E-state index is 0.147. The molecule has 0 amide bonds. The van der Waals surface area contributed by atoms with Gasteiger partial charge < -0.3 is 0 Å². The SMILES string of the molecule is Cc1ccc(CC(N=C=O)c2ccccc2)cc1. The topological polar surface area (TPSA) is 29.4 Å². The third-order valence-corrected chi connectivity index (χ3v) is 2.94. The van der Waals surface area contributed by atoms with Gasteiger partial charge >= 0.3 is 0 Å². The smallest absolute Gasteiger partial charge is 0.211 e. The molecule has 0 aliphatic heterocycles. The molecule has 2 rings (SSSR count). The summed E-state index contributed by atoms with van der Waals surface area (Å²) in [6.07, 6.45) is 2.39. The summed E-state index contributed by atoms with van der Waals surface area (Å²) in [6, 6.07) is 18.0. The van der Waals surface area contributed by atoms with Gasteiger partial charge in [-0.2, -0.15) is 4.99 Å². The van der Waals surface area contributed by atoms with Crippen LogP contribution < -0.4 is 0 Å². The van der Waals surface area contributed by atoms with Gasteiger partial charge in [0.1, 0.15) is 0 Å². The summed E-state index contributed by atoms with van der Waals surface area (Å²) >= 11 is 0. The van der Waals surface area contributed by atoms with Gasteiger partial charge in [-0.1, -0.05) is 60.2 Å². The van der Waals surface area contributed by atoms with Crippen molar-refractivity contribution < 1.29 is 4.79 Å². The monoisotopic (exact) mass is 237 g/mol. The molecular weight excluding hydrogens is 222 g/mol. The van der Waals surface area contributed by atoms with E-state index in [0.29, 0.717) is 0 Å². The second kappa shape index (κ2) is 5.95. The van der Waals surface area contributed by atoms with Crippen LogP contribution in [-0.4, -0.2) is 6.08 Å². The van der Waals surface area contributed by atoms with Crippen molar-refractivity contribution in [2.75, 3.05) is 0 Å². The van der Waals surface area contributed by atoms with Crippen molar-refractivity contribution >= 4 is 6.08 Å². The molecular formula is C16H15NO. The van der Waals surface area contributed by atoms with E-state index in [1.54, 1.807) is 6.08 Å².